The molecule has 1 heterocycles. The van der Waals surface area contributed by atoms with Crippen LogP contribution in [0.3, 0.4) is 0 Å². The maximum Gasteiger partial charge on any atom is 0.407 e. The highest BCUT2D eigenvalue weighted by Crippen LogP contribution is 2.25. The van der Waals surface area contributed by atoms with Gasteiger partial charge in [0.05, 0.1) is 5.56 Å². The fourth-order valence-corrected chi connectivity index (χ4v) is 2.98. The summed E-state index contributed by atoms with van der Waals surface area (Å²) in [5.41, 5.74) is 1.26. The molecule has 1 aromatic carbocycles. The summed E-state index contributed by atoms with van der Waals surface area (Å²) in [6, 6.07) is 10.0. The lowest BCUT2D eigenvalue weighted by atomic mass is 10.1. The number of benzene rings is 1. The van der Waals surface area contributed by atoms with E-state index in [0.717, 1.165) is 17.3 Å². The number of nitrogens with zero attached hydrogens (tertiary/aromatic N) is 2. The second-order valence-electron chi connectivity index (χ2n) is 8.42. The Morgan fingerprint density at radius 3 is 2.58 bits per heavy atom. The molecule has 2 aromatic rings. The summed E-state index contributed by atoms with van der Waals surface area (Å²) in [5, 5.41) is 18.3. The van der Waals surface area contributed by atoms with Crippen LogP contribution in [0.15, 0.2) is 30.3 Å². The first-order valence-electron chi connectivity index (χ1n) is 10.2. The fraction of sp³-hybridized carbons (Fsp3) is 0.435. The molecule has 3 N–H and O–H groups in total. The molecule has 0 spiro atoms. The predicted molar refractivity (Wildman–Crippen MR) is 120 cm³/mol. The molecule has 0 saturated heterocycles. The first-order chi connectivity index (χ1) is 14.5. The molecule has 0 aliphatic carbocycles. The number of pyridine rings is 1. The minimum absolute atomic E-state index is 0.00107. The zero-order chi connectivity index (χ0) is 23.2. The zero-order valence-corrected chi connectivity index (χ0v) is 18.8. The number of nitriles is 1. The van der Waals surface area contributed by atoms with Crippen LogP contribution in [0.5, 0.6) is 0 Å². The van der Waals surface area contributed by atoms with E-state index >= 15 is 0 Å². The lowest BCUT2D eigenvalue weighted by molar-refractivity contribution is 0.0503. The number of amides is 1. The number of aromatic nitrogens is 1. The Morgan fingerprint density at radius 1 is 1.29 bits per heavy atom. The number of carbonyl (C=O) groups is 1. The number of rotatable bonds is 7. The lowest BCUT2D eigenvalue weighted by Gasteiger charge is -2.27. The summed E-state index contributed by atoms with van der Waals surface area (Å²) in [6.45, 7) is 11.0. The van der Waals surface area contributed by atoms with Crippen LogP contribution in [0.2, 0.25) is 0 Å². The van der Waals surface area contributed by atoms with E-state index in [-0.39, 0.29) is 29.3 Å². The molecule has 1 amide bonds. The number of aryl methyl sites for hydroxylation is 1. The average molecular weight is 428 g/mol. The van der Waals surface area contributed by atoms with Crippen molar-refractivity contribution in [3.05, 3.63) is 47.3 Å². The number of hydrogen-bond donors (Lipinski definition) is 3. The minimum Gasteiger partial charge on any atom is -0.444 e. The normalized spacial score (nSPS) is 13.0. The van der Waals surface area contributed by atoms with Gasteiger partial charge >= 0.3 is 6.09 Å². The summed E-state index contributed by atoms with van der Waals surface area (Å²) in [4.78, 5) is 16.4. The van der Waals surface area contributed by atoms with E-state index in [4.69, 9.17) is 4.74 Å². The van der Waals surface area contributed by atoms with Crippen LogP contribution in [0, 0.1) is 24.1 Å². The Labute approximate surface area is 183 Å². The third kappa shape index (κ3) is 7.14. The van der Waals surface area contributed by atoms with E-state index in [1.807, 2.05) is 44.2 Å². The number of nitrogens with one attached hydrogen (secondary N) is 3. The summed E-state index contributed by atoms with van der Waals surface area (Å²) in [6.07, 6.45) is 0.0500. The van der Waals surface area contributed by atoms with Crippen molar-refractivity contribution in [1.29, 1.82) is 5.26 Å². The van der Waals surface area contributed by atoms with E-state index in [0.29, 0.717) is 6.42 Å². The van der Waals surface area contributed by atoms with Gasteiger partial charge in [-0.15, -0.1) is 0 Å². The quantitative estimate of drug-likeness (QED) is 0.558. The van der Waals surface area contributed by atoms with Gasteiger partial charge in [-0.25, -0.2) is 14.2 Å². The number of halogens is 1. The summed E-state index contributed by atoms with van der Waals surface area (Å²) >= 11 is 0. The highest BCUT2D eigenvalue weighted by molar-refractivity contribution is 5.68. The van der Waals surface area contributed by atoms with Crippen molar-refractivity contribution in [2.75, 3.05) is 10.6 Å². The molecule has 0 aliphatic rings. The van der Waals surface area contributed by atoms with Gasteiger partial charge in [0.2, 0.25) is 0 Å². The fourth-order valence-electron chi connectivity index (χ4n) is 2.98. The number of ether oxygens (including phenoxy) is 1. The topological polar surface area (TPSA) is 99.1 Å². The number of anilines is 3. The molecule has 1 aromatic heterocycles. The zero-order valence-electron chi connectivity index (χ0n) is 18.8. The molecule has 0 radical (unpaired) electrons. The molecule has 2 atom stereocenters. The molecule has 8 heteroatoms. The van der Waals surface area contributed by atoms with Gasteiger partial charge in [-0.1, -0.05) is 19.1 Å². The van der Waals surface area contributed by atoms with Crippen LogP contribution in [-0.4, -0.2) is 28.8 Å². The largest absolute Gasteiger partial charge is 0.444 e. The second-order valence-corrected chi connectivity index (χ2v) is 8.42. The summed E-state index contributed by atoms with van der Waals surface area (Å²) in [7, 11) is 0. The molecular formula is C23H30FN5O2. The first-order valence-corrected chi connectivity index (χ1v) is 10.2. The molecular weight excluding hydrogens is 397 g/mol. The van der Waals surface area contributed by atoms with Crippen molar-refractivity contribution in [3.8, 4) is 6.07 Å². The van der Waals surface area contributed by atoms with Crippen molar-refractivity contribution in [2.45, 2.75) is 65.6 Å². The summed E-state index contributed by atoms with van der Waals surface area (Å²) in [5.74, 6) is -0.396. The first kappa shape index (κ1) is 23.9. The third-order valence-corrected chi connectivity index (χ3v) is 4.49. The smallest absolute Gasteiger partial charge is 0.407 e. The number of alkyl carbamates (subject to hydrolysis) is 1. The van der Waals surface area contributed by atoms with Crippen LogP contribution in [-0.2, 0) is 4.74 Å². The Morgan fingerprint density at radius 2 is 2.00 bits per heavy atom. The highest BCUT2D eigenvalue weighted by Gasteiger charge is 2.23. The van der Waals surface area contributed by atoms with Crippen molar-refractivity contribution in [3.63, 3.8) is 0 Å². The Kier molecular flexibility index (Phi) is 7.81. The average Bonchev–Trinajstić information content (AvgIpc) is 2.66. The van der Waals surface area contributed by atoms with E-state index in [2.05, 4.69) is 20.9 Å². The molecule has 0 aliphatic heterocycles. The Hall–Kier alpha value is -3.34. The van der Waals surface area contributed by atoms with Gasteiger partial charge in [0, 0.05) is 17.8 Å². The van der Waals surface area contributed by atoms with Gasteiger partial charge in [0.15, 0.2) is 17.5 Å². The molecule has 31 heavy (non-hydrogen) atoms. The highest BCUT2D eigenvalue weighted by atomic mass is 19.1. The SMILES string of the molecule is CC[C@@H](Nc1nc(Nc2cccc(C)c2)c(C#N)cc1F)[C@H](C)NC(=O)OC(C)(C)C. The van der Waals surface area contributed by atoms with Crippen LogP contribution >= 0.6 is 0 Å². The molecule has 0 unspecified atom stereocenters. The standard InChI is InChI=1S/C23H30FN5O2/c1-7-19(15(3)26-22(30)31-23(4,5)6)28-21-18(24)12-16(13-25)20(29-21)27-17-10-8-9-14(2)11-17/h8-12,15,19H,7H2,1-6H3,(H,26,30)(H2,27,28,29)/t15-,19+/m0/s1. The second kappa shape index (κ2) is 10.1. The van der Waals surface area contributed by atoms with Crippen molar-refractivity contribution >= 4 is 23.4 Å². The number of carbonyl (C=O) groups excluding carboxylic acids is 1. The van der Waals surface area contributed by atoms with Gasteiger partial charge in [0.25, 0.3) is 0 Å². The lowest BCUT2D eigenvalue weighted by Crippen LogP contribution is -2.46. The maximum absolute atomic E-state index is 14.6. The van der Waals surface area contributed by atoms with E-state index in [9.17, 15) is 14.4 Å². The monoisotopic (exact) mass is 427 g/mol. The van der Waals surface area contributed by atoms with Crippen LogP contribution in [0.4, 0.5) is 26.5 Å². The van der Waals surface area contributed by atoms with Gasteiger partial charge in [0.1, 0.15) is 11.7 Å². The van der Waals surface area contributed by atoms with Gasteiger partial charge in [-0.3, -0.25) is 0 Å². The summed E-state index contributed by atoms with van der Waals surface area (Å²) < 4.78 is 19.9. The van der Waals surface area contributed by atoms with Crippen molar-refractivity contribution < 1.29 is 13.9 Å². The van der Waals surface area contributed by atoms with Crippen LogP contribution in [0.1, 0.15) is 52.2 Å². The third-order valence-electron chi connectivity index (χ3n) is 4.49. The van der Waals surface area contributed by atoms with Gasteiger partial charge in [-0.05, 0) is 64.8 Å². The van der Waals surface area contributed by atoms with Gasteiger partial charge in [-0.2, -0.15) is 5.26 Å². The van der Waals surface area contributed by atoms with Crippen LogP contribution in [0.25, 0.3) is 0 Å². The van der Waals surface area contributed by atoms with E-state index in [1.165, 1.54) is 0 Å². The van der Waals surface area contributed by atoms with Gasteiger partial charge < -0.3 is 20.7 Å². The maximum atomic E-state index is 14.6. The Balaban J connectivity index is 2.22. The van der Waals surface area contributed by atoms with E-state index < -0.39 is 17.5 Å². The molecule has 0 fully saturated rings. The molecule has 2 rings (SSSR count). The van der Waals surface area contributed by atoms with Crippen molar-refractivity contribution in [2.24, 2.45) is 0 Å². The van der Waals surface area contributed by atoms with Crippen molar-refractivity contribution in [1.82, 2.24) is 10.3 Å². The minimum atomic E-state index is -0.644. The molecule has 0 bridgehead atoms. The molecule has 166 valence electrons. The predicted octanol–water partition coefficient (Wildman–Crippen LogP) is 5.25. The van der Waals surface area contributed by atoms with Crippen LogP contribution < -0.4 is 16.0 Å². The molecule has 0 saturated carbocycles. The van der Waals surface area contributed by atoms with E-state index in [1.54, 1.807) is 27.7 Å². The number of hydrogen-bond acceptors (Lipinski definition) is 6. The Bertz CT molecular complexity index is 965. The molecule has 7 nitrogen and oxygen atoms in total.